The van der Waals surface area contributed by atoms with Gasteiger partial charge in [-0.2, -0.15) is 0 Å². The van der Waals surface area contributed by atoms with Crippen LogP contribution in [0.1, 0.15) is 30.9 Å². The smallest absolute Gasteiger partial charge is 0.273 e. The molecule has 0 aliphatic carbocycles. The molecule has 0 spiro atoms. The number of carbonyl (C=O) groups is 3. The predicted octanol–water partition coefficient (Wildman–Crippen LogP) is 3.62. The molecule has 132 valence electrons. The Morgan fingerprint density at radius 3 is 2.35 bits per heavy atom. The molecular weight excluding hydrogens is 335 g/mol. The highest BCUT2D eigenvalue weighted by Crippen LogP contribution is 2.24. The average molecular weight is 352 g/mol. The van der Waals surface area contributed by atoms with Gasteiger partial charge in [0.25, 0.3) is 11.8 Å². The van der Waals surface area contributed by atoms with E-state index < -0.39 is 23.7 Å². The minimum atomic E-state index is -0.811. The topological polar surface area (TPSA) is 66.5 Å². The van der Waals surface area contributed by atoms with Crippen LogP contribution in [0.5, 0.6) is 0 Å². The first-order valence-corrected chi connectivity index (χ1v) is 8.14. The zero-order chi connectivity index (χ0) is 18.8. The second kappa shape index (κ2) is 6.92. The van der Waals surface area contributed by atoms with E-state index in [1.165, 1.54) is 24.3 Å². The van der Waals surface area contributed by atoms with Crippen LogP contribution in [0.3, 0.4) is 0 Å². The van der Waals surface area contributed by atoms with Crippen LogP contribution in [0, 0.1) is 5.82 Å². The first-order chi connectivity index (χ1) is 12.4. The summed E-state index contributed by atoms with van der Waals surface area (Å²) in [6, 6.07) is 11.6. The second-order valence-electron chi connectivity index (χ2n) is 6.26. The zero-order valence-corrected chi connectivity index (χ0v) is 14.3. The lowest BCUT2D eigenvalue weighted by Gasteiger charge is -2.26. The van der Waals surface area contributed by atoms with E-state index in [2.05, 4.69) is 5.32 Å². The summed E-state index contributed by atoms with van der Waals surface area (Å²) >= 11 is 0. The van der Waals surface area contributed by atoms with Crippen molar-refractivity contribution in [3.05, 3.63) is 71.0 Å². The molecule has 6 heteroatoms. The van der Waals surface area contributed by atoms with E-state index in [4.69, 9.17) is 0 Å². The van der Waals surface area contributed by atoms with Crippen LogP contribution in [0.25, 0.3) is 6.08 Å². The van der Waals surface area contributed by atoms with Gasteiger partial charge in [-0.25, -0.2) is 14.1 Å². The Morgan fingerprint density at radius 2 is 1.73 bits per heavy atom. The summed E-state index contributed by atoms with van der Waals surface area (Å²) in [7, 11) is 0. The summed E-state index contributed by atoms with van der Waals surface area (Å²) in [5.41, 5.74) is 1.54. The number of rotatable bonds is 3. The molecule has 0 atom stereocenters. The van der Waals surface area contributed by atoms with Crippen LogP contribution < -0.4 is 10.2 Å². The summed E-state index contributed by atoms with van der Waals surface area (Å²) < 4.78 is 13.3. The molecule has 1 aliphatic heterocycles. The highest BCUT2D eigenvalue weighted by atomic mass is 19.1. The van der Waals surface area contributed by atoms with Crippen molar-refractivity contribution in [1.82, 2.24) is 5.32 Å². The van der Waals surface area contributed by atoms with Crippen molar-refractivity contribution in [2.24, 2.45) is 0 Å². The number of nitrogens with one attached hydrogen (secondary N) is 1. The van der Waals surface area contributed by atoms with E-state index in [1.807, 2.05) is 26.0 Å². The molecule has 3 rings (SSSR count). The number of anilines is 1. The van der Waals surface area contributed by atoms with E-state index in [-0.39, 0.29) is 5.57 Å². The number of urea groups is 1. The van der Waals surface area contributed by atoms with Crippen LogP contribution in [0.4, 0.5) is 14.9 Å². The van der Waals surface area contributed by atoms with Gasteiger partial charge in [0.2, 0.25) is 0 Å². The number of halogens is 1. The number of barbiturate groups is 1. The van der Waals surface area contributed by atoms with E-state index >= 15 is 0 Å². The molecule has 1 fully saturated rings. The summed E-state index contributed by atoms with van der Waals surface area (Å²) in [5, 5.41) is 2.15. The Hall–Kier alpha value is -3.28. The third kappa shape index (κ3) is 3.39. The van der Waals surface area contributed by atoms with E-state index in [1.54, 1.807) is 18.2 Å². The number of carbonyl (C=O) groups excluding carboxylic acids is 3. The van der Waals surface area contributed by atoms with E-state index in [9.17, 15) is 18.8 Å². The molecular formula is C20H17FN2O3. The number of hydrogen-bond acceptors (Lipinski definition) is 3. The number of hydrogen-bond donors (Lipinski definition) is 1. The van der Waals surface area contributed by atoms with Gasteiger partial charge >= 0.3 is 6.03 Å². The third-order valence-corrected chi connectivity index (χ3v) is 4.08. The molecule has 5 nitrogen and oxygen atoms in total. The summed E-state index contributed by atoms with van der Waals surface area (Å²) in [4.78, 5) is 37.9. The number of nitrogens with zero attached hydrogens (tertiary/aromatic N) is 1. The molecule has 1 heterocycles. The summed E-state index contributed by atoms with van der Waals surface area (Å²) in [6.45, 7) is 4.07. The molecule has 1 N–H and O–H groups in total. The normalized spacial score (nSPS) is 16.4. The SMILES string of the molecule is CC(C)c1ccc(N2C(=O)NC(=O)C(=Cc3cccc(F)c3)C2=O)cc1. The molecule has 4 amide bonds. The van der Waals surface area contributed by atoms with Crippen LogP contribution in [0.15, 0.2) is 54.1 Å². The van der Waals surface area contributed by atoms with Gasteiger partial charge in [0.05, 0.1) is 5.69 Å². The molecule has 2 aromatic carbocycles. The summed E-state index contributed by atoms with van der Waals surface area (Å²) in [5.74, 6) is -1.74. The van der Waals surface area contributed by atoms with E-state index in [0.717, 1.165) is 10.5 Å². The molecule has 0 radical (unpaired) electrons. The highest BCUT2D eigenvalue weighted by Gasteiger charge is 2.36. The van der Waals surface area contributed by atoms with Crippen LogP contribution in [-0.4, -0.2) is 17.8 Å². The lowest BCUT2D eigenvalue weighted by molar-refractivity contribution is -0.122. The second-order valence-corrected chi connectivity index (χ2v) is 6.26. The largest absolute Gasteiger partial charge is 0.335 e. The van der Waals surface area contributed by atoms with Gasteiger partial charge in [0.1, 0.15) is 11.4 Å². The Kier molecular flexibility index (Phi) is 4.67. The summed E-state index contributed by atoms with van der Waals surface area (Å²) in [6.07, 6.45) is 1.27. The van der Waals surface area contributed by atoms with Crippen molar-refractivity contribution in [3.8, 4) is 0 Å². The Labute approximate surface area is 150 Å². The molecule has 1 aliphatic rings. The molecule has 26 heavy (non-hydrogen) atoms. The fourth-order valence-electron chi connectivity index (χ4n) is 2.66. The molecule has 1 saturated heterocycles. The third-order valence-electron chi connectivity index (χ3n) is 4.08. The maximum absolute atomic E-state index is 13.3. The van der Waals surface area contributed by atoms with Crippen molar-refractivity contribution in [2.75, 3.05) is 4.90 Å². The lowest BCUT2D eigenvalue weighted by atomic mass is 10.0. The number of amides is 4. The molecule has 0 aromatic heterocycles. The monoisotopic (exact) mass is 352 g/mol. The number of benzene rings is 2. The molecule has 0 unspecified atom stereocenters. The maximum Gasteiger partial charge on any atom is 0.335 e. The fourth-order valence-corrected chi connectivity index (χ4v) is 2.66. The predicted molar refractivity (Wildman–Crippen MR) is 95.9 cm³/mol. The van der Waals surface area contributed by atoms with Crippen LogP contribution >= 0.6 is 0 Å². The van der Waals surface area contributed by atoms with Crippen molar-refractivity contribution in [1.29, 1.82) is 0 Å². The van der Waals surface area contributed by atoms with Gasteiger partial charge in [-0.15, -0.1) is 0 Å². The van der Waals surface area contributed by atoms with Crippen molar-refractivity contribution in [3.63, 3.8) is 0 Å². The van der Waals surface area contributed by atoms with E-state index in [0.29, 0.717) is 17.2 Å². The molecule has 0 saturated carbocycles. The van der Waals surface area contributed by atoms with Gasteiger partial charge in [-0.05, 0) is 47.4 Å². The highest BCUT2D eigenvalue weighted by molar-refractivity contribution is 6.39. The van der Waals surface area contributed by atoms with Gasteiger partial charge in [0, 0.05) is 0 Å². The van der Waals surface area contributed by atoms with Gasteiger partial charge < -0.3 is 0 Å². The van der Waals surface area contributed by atoms with Crippen molar-refractivity contribution in [2.45, 2.75) is 19.8 Å². The Balaban J connectivity index is 1.98. The first-order valence-electron chi connectivity index (χ1n) is 8.14. The van der Waals surface area contributed by atoms with Gasteiger partial charge in [0.15, 0.2) is 0 Å². The van der Waals surface area contributed by atoms with Crippen molar-refractivity contribution < 1.29 is 18.8 Å². The standard InChI is InChI=1S/C20H17FN2O3/c1-12(2)14-6-8-16(9-7-14)23-19(25)17(18(24)22-20(23)26)11-13-4-3-5-15(21)10-13/h3-12H,1-2H3,(H,22,24,26). The first kappa shape index (κ1) is 17.5. The number of imide groups is 2. The van der Waals surface area contributed by atoms with Gasteiger partial charge in [-0.1, -0.05) is 38.1 Å². The lowest BCUT2D eigenvalue weighted by Crippen LogP contribution is -2.54. The fraction of sp³-hybridized carbons (Fsp3) is 0.150. The zero-order valence-electron chi connectivity index (χ0n) is 14.3. The van der Waals surface area contributed by atoms with Gasteiger partial charge in [-0.3, -0.25) is 14.9 Å². The maximum atomic E-state index is 13.3. The quantitative estimate of drug-likeness (QED) is 0.678. The molecule has 2 aromatic rings. The minimum Gasteiger partial charge on any atom is -0.273 e. The molecule has 0 bridgehead atoms. The Morgan fingerprint density at radius 1 is 1.04 bits per heavy atom. The average Bonchev–Trinajstić information content (AvgIpc) is 2.59. The minimum absolute atomic E-state index is 0.233. The van der Waals surface area contributed by atoms with Crippen molar-refractivity contribution >= 4 is 29.6 Å². The Bertz CT molecular complexity index is 917. The van der Waals surface area contributed by atoms with Crippen LogP contribution in [0.2, 0.25) is 0 Å². The van der Waals surface area contributed by atoms with Crippen LogP contribution in [-0.2, 0) is 9.59 Å².